The van der Waals surface area contributed by atoms with E-state index in [-0.39, 0.29) is 0 Å². The van der Waals surface area contributed by atoms with Gasteiger partial charge in [0.05, 0.1) is 13.2 Å². The van der Waals surface area contributed by atoms with Crippen LogP contribution in [0.2, 0.25) is 0 Å². The summed E-state index contributed by atoms with van der Waals surface area (Å²) in [4.78, 5) is 1.39. The molecule has 2 aromatic heterocycles. The Morgan fingerprint density at radius 2 is 2.19 bits per heavy atom. The first-order valence-corrected chi connectivity index (χ1v) is 8.04. The number of ether oxygens (including phenoxy) is 1. The van der Waals surface area contributed by atoms with Crippen molar-refractivity contribution >= 4 is 22.2 Å². The van der Waals surface area contributed by atoms with Crippen LogP contribution < -0.4 is 5.32 Å². The number of hydrogen-bond donors (Lipinski definition) is 1. The van der Waals surface area contributed by atoms with Crippen LogP contribution >= 0.6 is 11.3 Å². The average molecular weight is 300 g/mol. The molecule has 0 amide bonds. The number of hydrogen-bond acceptors (Lipinski definition) is 3. The lowest BCUT2D eigenvalue weighted by Gasteiger charge is -2.06. The van der Waals surface area contributed by atoms with E-state index in [1.165, 1.54) is 21.3 Å². The standard InChI is InChI=1S/C17H20N2OS/c1-20-9-7-18-12-14-4-5-17-15(11-14)6-8-19(17)13-16-3-2-10-21-16/h2-6,8,10-11,18H,7,9,12-13H2,1H3. The van der Waals surface area contributed by atoms with Gasteiger partial charge in [-0.15, -0.1) is 11.3 Å². The summed E-state index contributed by atoms with van der Waals surface area (Å²) in [6.45, 7) is 3.47. The highest BCUT2D eigenvalue weighted by Gasteiger charge is 2.03. The second kappa shape index (κ2) is 6.89. The van der Waals surface area contributed by atoms with E-state index in [1.54, 1.807) is 18.4 Å². The Kier molecular flexibility index (Phi) is 4.70. The summed E-state index contributed by atoms with van der Waals surface area (Å²) >= 11 is 1.81. The number of methoxy groups -OCH3 is 1. The molecule has 0 saturated heterocycles. The van der Waals surface area contributed by atoms with Crippen LogP contribution in [-0.4, -0.2) is 24.8 Å². The minimum Gasteiger partial charge on any atom is -0.383 e. The molecule has 0 bridgehead atoms. The molecule has 110 valence electrons. The van der Waals surface area contributed by atoms with E-state index in [2.05, 4.69) is 57.9 Å². The van der Waals surface area contributed by atoms with Crippen LogP contribution in [0.1, 0.15) is 10.4 Å². The molecule has 4 heteroatoms. The summed E-state index contributed by atoms with van der Waals surface area (Å²) in [5.41, 5.74) is 2.61. The molecule has 0 fully saturated rings. The molecule has 0 radical (unpaired) electrons. The molecule has 3 nitrogen and oxygen atoms in total. The lowest BCUT2D eigenvalue weighted by atomic mass is 10.1. The molecular formula is C17H20N2OS. The van der Waals surface area contributed by atoms with Crippen molar-refractivity contribution in [1.82, 2.24) is 9.88 Å². The minimum absolute atomic E-state index is 0.749. The van der Waals surface area contributed by atoms with Gasteiger partial charge in [-0.25, -0.2) is 0 Å². The maximum atomic E-state index is 5.04. The van der Waals surface area contributed by atoms with Gasteiger partial charge < -0.3 is 14.6 Å². The third kappa shape index (κ3) is 3.53. The number of benzene rings is 1. The average Bonchev–Trinajstić information content (AvgIpc) is 3.14. The van der Waals surface area contributed by atoms with Gasteiger partial charge in [0.15, 0.2) is 0 Å². The van der Waals surface area contributed by atoms with Crippen molar-refractivity contribution in [2.24, 2.45) is 0 Å². The fraction of sp³-hybridized carbons (Fsp3) is 0.294. The van der Waals surface area contributed by atoms with Gasteiger partial charge in [0.25, 0.3) is 0 Å². The quantitative estimate of drug-likeness (QED) is 0.676. The van der Waals surface area contributed by atoms with Gasteiger partial charge in [0, 0.05) is 36.8 Å². The van der Waals surface area contributed by atoms with Gasteiger partial charge in [0.1, 0.15) is 0 Å². The number of thiophene rings is 1. The highest BCUT2D eigenvalue weighted by Crippen LogP contribution is 2.20. The predicted molar refractivity (Wildman–Crippen MR) is 88.9 cm³/mol. The van der Waals surface area contributed by atoms with Crippen LogP contribution in [0.15, 0.2) is 48.0 Å². The molecule has 1 aromatic carbocycles. The zero-order chi connectivity index (χ0) is 14.5. The third-order valence-electron chi connectivity index (χ3n) is 3.55. The van der Waals surface area contributed by atoms with Crippen LogP contribution in [0.3, 0.4) is 0 Å². The monoisotopic (exact) mass is 300 g/mol. The number of fused-ring (bicyclic) bond motifs is 1. The van der Waals surface area contributed by atoms with E-state index < -0.39 is 0 Å². The van der Waals surface area contributed by atoms with E-state index in [1.807, 2.05) is 0 Å². The third-order valence-corrected chi connectivity index (χ3v) is 4.41. The van der Waals surface area contributed by atoms with Crippen LogP contribution in [0, 0.1) is 0 Å². The lowest BCUT2D eigenvalue weighted by molar-refractivity contribution is 0.199. The maximum absolute atomic E-state index is 5.04. The van der Waals surface area contributed by atoms with Crippen LogP contribution in [0.4, 0.5) is 0 Å². The van der Waals surface area contributed by atoms with E-state index >= 15 is 0 Å². The Morgan fingerprint density at radius 1 is 1.24 bits per heavy atom. The lowest BCUT2D eigenvalue weighted by Crippen LogP contribution is -2.18. The molecule has 0 unspecified atom stereocenters. The molecule has 21 heavy (non-hydrogen) atoms. The molecule has 3 aromatic rings. The Bertz CT molecular complexity index is 688. The minimum atomic E-state index is 0.749. The summed E-state index contributed by atoms with van der Waals surface area (Å²) < 4.78 is 7.35. The van der Waals surface area contributed by atoms with Gasteiger partial charge in [0.2, 0.25) is 0 Å². The zero-order valence-corrected chi connectivity index (χ0v) is 13.0. The Balaban J connectivity index is 1.71. The summed E-state index contributed by atoms with van der Waals surface area (Å²) in [5, 5.41) is 6.81. The zero-order valence-electron chi connectivity index (χ0n) is 12.2. The van der Waals surface area contributed by atoms with E-state index in [0.29, 0.717) is 0 Å². The molecule has 0 aliphatic heterocycles. The molecule has 3 rings (SSSR count). The van der Waals surface area contributed by atoms with Crippen molar-refractivity contribution in [2.75, 3.05) is 20.3 Å². The second-order valence-corrected chi connectivity index (χ2v) is 6.12. The van der Waals surface area contributed by atoms with Crippen LogP contribution in [-0.2, 0) is 17.8 Å². The van der Waals surface area contributed by atoms with Crippen molar-refractivity contribution in [3.8, 4) is 0 Å². The van der Waals surface area contributed by atoms with Crippen molar-refractivity contribution < 1.29 is 4.74 Å². The number of nitrogens with zero attached hydrogens (tertiary/aromatic N) is 1. The molecule has 0 spiro atoms. The predicted octanol–water partition coefficient (Wildman–Crippen LogP) is 3.49. The van der Waals surface area contributed by atoms with E-state index in [4.69, 9.17) is 4.74 Å². The fourth-order valence-corrected chi connectivity index (χ4v) is 3.18. The highest BCUT2D eigenvalue weighted by atomic mass is 32.1. The van der Waals surface area contributed by atoms with Crippen LogP contribution in [0.25, 0.3) is 10.9 Å². The Hall–Kier alpha value is -1.62. The summed E-state index contributed by atoms with van der Waals surface area (Å²) in [6, 6.07) is 13.2. The second-order valence-electron chi connectivity index (χ2n) is 5.09. The largest absolute Gasteiger partial charge is 0.383 e. The van der Waals surface area contributed by atoms with Gasteiger partial charge >= 0.3 is 0 Å². The van der Waals surface area contributed by atoms with Crippen molar-refractivity contribution in [3.63, 3.8) is 0 Å². The molecule has 0 aliphatic rings. The highest BCUT2D eigenvalue weighted by molar-refractivity contribution is 7.09. The fourth-order valence-electron chi connectivity index (χ4n) is 2.47. The molecule has 2 heterocycles. The molecule has 0 aliphatic carbocycles. The molecular weight excluding hydrogens is 280 g/mol. The molecule has 0 saturated carbocycles. The summed E-state index contributed by atoms with van der Waals surface area (Å²) in [5.74, 6) is 0. The summed E-state index contributed by atoms with van der Waals surface area (Å²) in [7, 11) is 1.73. The van der Waals surface area contributed by atoms with Gasteiger partial charge in [-0.3, -0.25) is 0 Å². The first kappa shape index (κ1) is 14.3. The molecule has 1 N–H and O–H groups in total. The van der Waals surface area contributed by atoms with Crippen LogP contribution in [0.5, 0.6) is 0 Å². The number of rotatable bonds is 7. The Morgan fingerprint density at radius 3 is 3.00 bits per heavy atom. The van der Waals surface area contributed by atoms with E-state index in [9.17, 15) is 0 Å². The normalized spacial score (nSPS) is 11.3. The smallest absolute Gasteiger partial charge is 0.0587 e. The van der Waals surface area contributed by atoms with Crippen molar-refractivity contribution in [1.29, 1.82) is 0 Å². The topological polar surface area (TPSA) is 26.2 Å². The number of aromatic nitrogens is 1. The van der Waals surface area contributed by atoms with Crippen molar-refractivity contribution in [2.45, 2.75) is 13.1 Å². The first-order valence-electron chi connectivity index (χ1n) is 7.16. The van der Waals surface area contributed by atoms with Gasteiger partial charge in [-0.2, -0.15) is 0 Å². The Labute approximate surface area is 129 Å². The maximum Gasteiger partial charge on any atom is 0.0587 e. The summed E-state index contributed by atoms with van der Waals surface area (Å²) in [6.07, 6.45) is 2.17. The SMILES string of the molecule is COCCNCc1ccc2c(ccn2Cc2cccs2)c1. The number of nitrogens with one attached hydrogen (secondary N) is 1. The van der Waals surface area contributed by atoms with Crippen molar-refractivity contribution in [3.05, 3.63) is 58.4 Å². The molecule has 0 atom stereocenters. The van der Waals surface area contributed by atoms with E-state index in [0.717, 1.165) is 26.2 Å². The first-order chi connectivity index (χ1) is 10.4. The van der Waals surface area contributed by atoms with Gasteiger partial charge in [-0.05, 0) is 40.6 Å². The van der Waals surface area contributed by atoms with Gasteiger partial charge in [-0.1, -0.05) is 12.1 Å².